The third-order valence-electron chi connectivity index (χ3n) is 4.07. The molecule has 3 heteroatoms. The van der Waals surface area contributed by atoms with Gasteiger partial charge < -0.3 is 0 Å². The van der Waals surface area contributed by atoms with E-state index in [1.54, 1.807) is 0 Å². The summed E-state index contributed by atoms with van der Waals surface area (Å²) in [6, 6.07) is 0. The van der Waals surface area contributed by atoms with Gasteiger partial charge in [-0.3, -0.25) is 0 Å². The molecule has 0 N–H and O–H groups in total. The lowest BCUT2D eigenvalue weighted by Crippen LogP contribution is -2.17. The monoisotopic (exact) mass is 352 g/mol. The van der Waals surface area contributed by atoms with Crippen molar-refractivity contribution in [3.05, 3.63) is 22.3 Å². The van der Waals surface area contributed by atoms with Crippen molar-refractivity contribution in [3.63, 3.8) is 0 Å². The van der Waals surface area contributed by atoms with Gasteiger partial charge in [0.05, 0.1) is 0 Å². The van der Waals surface area contributed by atoms with Gasteiger partial charge in [-0.25, -0.2) is 0 Å². The molecule has 0 aliphatic carbocycles. The van der Waals surface area contributed by atoms with Crippen molar-refractivity contribution in [1.82, 2.24) is 0 Å². The van der Waals surface area contributed by atoms with Crippen LogP contribution in [0.5, 0.6) is 0 Å². The minimum absolute atomic E-state index is 0.317. The molecule has 0 radical (unpaired) electrons. The molecule has 0 heterocycles. The maximum Gasteiger partial charge on any atom is 0.0433 e. The lowest BCUT2D eigenvalue weighted by atomic mass is 9.83. The van der Waals surface area contributed by atoms with Gasteiger partial charge in [0.15, 0.2) is 0 Å². The van der Waals surface area contributed by atoms with Crippen molar-refractivity contribution < 1.29 is 0 Å². The highest BCUT2D eigenvalue weighted by molar-refractivity contribution is 6.30. The molecule has 0 saturated carbocycles. The first-order valence-corrected chi connectivity index (χ1v) is 9.66. The van der Waals surface area contributed by atoms with Crippen molar-refractivity contribution in [1.29, 1.82) is 0 Å². The predicted molar refractivity (Wildman–Crippen MR) is 99.8 cm³/mol. The fourth-order valence-corrected chi connectivity index (χ4v) is 3.47. The van der Waals surface area contributed by atoms with Crippen LogP contribution in [0.15, 0.2) is 22.3 Å². The molecule has 21 heavy (non-hydrogen) atoms. The third-order valence-corrected chi connectivity index (χ3v) is 5.29. The van der Waals surface area contributed by atoms with E-state index in [1.165, 1.54) is 24.0 Å². The van der Waals surface area contributed by atoms with Gasteiger partial charge in [0.1, 0.15) is 0 Å². The second kappa shape index (κ2) is 12.9. The Morgan fingerprint density at radius 2 is 1.71 bits per heavy atom. The van der Waals surface area contributed by atoms with Crippen molar-refractivity contribution in [3.8, 4) is 0 Å². The van der Waals surface area contributed by atoms with Gasteiger partial charge in [0, 0.05) is 22.7 Å². The van der Waals surface area contributed by atoms with E-state index in [2.05, 4.69) is 33.8 Å². The van der Waals surface area contributed by atoms with Gasteiger partial charge in [0.25, 0.3) is 0 Å². The first-order chi connectivity index (χ1) is 10.0. The molecule has 0 rings (SSSR count). The Morgan fingerprint density at radius 3 is 2.14 bits per heavy atom. The highest BCUT2D eigenvalue weighted by Gasteiger charge is 2.21. The van der Waals surface area contributed by atoms with Gasteiger partial charge in [0.2, 0.25) is 0 Å². The van der Waals surface area contributed by atoms with Crippen LogP contribution in [-0.2, 0) is 0 Å². The second-order valence-corrected chi connectivity index (χ2v) is 6.78. The van der Waals surface area contributed by atoms with Crippen LogP contribution in [0.4, 0.5) is 0 Å². The first-order valence-electron chi connectivity index (χ1n) is 8.22. The first kappa shape index (κ1) is 21.4. The van der Waals surface area contributed by atoms with E-state index in [0.29, 0.717) is 23.6 Å². The maximum absolute atomic E-state index is 6.49. The highest BCUT2D eigenvalue weighted by atomic mass is 35.5. The second-order valence-electron chi connectivity index (χ2n) is 5.75. The molecule has 0 aliphatic heterocycles. The number of hydrogen-bond acceptors (Lipinski definition) is 0. The van der Waals surface area contributed by atoms with Crippen LogP contribution in [-0.4, -0.2) is 11.8 Å². The minimum atomic E-state index is 0.317. The third kappa shape index (κ3) is 7.95. The van der Waals surface area contributed by atoms with Crippen LogP contribution in [0, 0.1) is 11.8 Å². The molecule has 0 aromatic rings. The van der Waals surface area contributed by atoms with Gasteiger partial charge in [-0.2, -0.15) is 0 Å². The van der Waals surface area contributed by atoms with E-state index in [1.807, 2.05) is 0 Å². The molecule has 0 fully saturated rings. The Labute approximate surface area is 146 Å². The summed E-state index contributed by atoms with van der Waals surface area (Å²) in [6.07, 6.45) is 8.87. The van der Waals surface area contributed by atoms with Crippen LogP contribution >= 0.6 is 34.8 Å². The van der Waals surface area contributed by atoms with E-state index < -0.39 is 0 Å². The SMILES string of the molecule is CCCCC(=CC(C(C)=C(Cl)CCC)C(CC)CCl)CCl. The summed E-state index contributed by atoms with van der Waals surface area (Å²) in [5, 5.41) is 0.992. The molecule has 0 amide bonds. The van der Waals surface area contributed by atoms with Crippen LogP contribution in [0.25, 0.3) is 0 Å². The zero-order valence-corrected chi connectivity index (χ0v) is 16.3. The van der Waals surface area contributed by atoms with E-state index >= 15 is 0 Å². The smallest absolute Gasteiger partial charge is 0.0433 e. The number of alkyl halides is 2. The number of halogens is 3. The summed E-state index contributed by atoms with van der Waals surface area (Å²) < 4.78 is 0. The standard InChI is InChI=1S/C18H31Cl3/c1-5-8-10-15(12-19)11-17(16(7-3)13-20)14(4)18(21)9-6-2/h11,16-17H,5-10,12-13H2,1-4H3. The molecule has 0 aliphatic rings. The summed E-state index contributed by atoms with van der Waals surface area (Å²) >= 11 is 18.8. The minimum Gasteiger partial charge on any atom is -0.126 e. The van der Waals surface area contributed by atoms with Gasteiger partial charge in [-0.1, -0.05) is 68.9 Å². The summed E-state index contributed by atoms with van der Waals surface area (Å²) in [7, 11) is 0. The number of allylic oxidation sites excluding steroid dienone is 4. The highest BCUT2D eigenvalue weighted by Crippen LogP contribution is 2.32. The quantitative estimate of drug-likeness (QED) is 0.266. The van der Waals surface area contributed by atoms with Crippen LogP contribution in [0.2, 0.25) is 0 Å². The molecular weight excluding hydrogens is 323 g/mol. The number of unbranched alkanes of at least 4 members (excludes halogenated alkanes) is 1. The van der Waals surface area contributed by atoms with Gasteiger partial charge in [-0.15, -0.1) is 23.2 Å². The fraction of sp³-hybridized carbons (Fsp3) is 0.778. The van der Waals surface area contributed by atoms with E-state index in [9.17, 15) is 0 Å². The largest absolute Gasteiger partial charge is 0.126 e. The lowest BCUT2D eigenvalue weighted by Gasteiger charge is -2.25. The van der Waals surface area contributed by atoms with E-state index in [4.69, 9.17) is 34.8 Å². The molecule has 0 saturated heterocycles. The molecule has 2 atom stereocenters. The van der Waals surface area contributed by atoms with Gasteiger partial charge in [-0.05, 0) is 32.1 Å². The number of rotatable bonds is 11. The van der Waals surface area contributed by atoms with Crippen LogP contribution in [0.3, 0.4) is 0 Å². The van der Waals surface area contributed by atoms with Crippen LogP contribution in [0.1, 0.15) is 66.2 Å². The Kier molecular flexibility index (Phi) is 13.1. The molecule has 0 aromatic heterocycles. The fourth-order valence-electron chi connectivity index (χ4n) is 2.52. The normalized spacial score (nSPS) is 16.6. The molecule has 0 spiro atoms. The molecule has 0 aromatic carbocycles. The van der Waals surface area contributed by atoms with Crippen molar-refractivity contribution >= 4 is 34.8 Å². The van der Waals surface area contributed by atoms with Gasteiger partial charge >= 0.3 is 0 Å². The Morgan fingerprint density at radius 1 is 1.05 bits per heavy atom. The molecule has 0 bridgehead atoms. The summed E-state index contributed by atoms with van der Waals surface area (Å²) in [6.45, 7) is 8.71. The Bertz CT molecular complexity index is 327. The Hall–Kier alpha value is 0.350. The van der Waals surface area contributed by atoms with Crippen LogP contribution < -0.4 is 0 Å². The summed E-state index contributed by atoms with van der Waals surface area (Å²) in [5.41, 5.74) is 2.59. The molecule has 2 unspecified atom stereocenters. The van der Waals surface area contributed by atoms with Crippen molar-refractivity contribution in [2.24, 2.45) is 11.8 Å². The average molecular weight is 354 g/mol. The number of hydrogen-bond donors (Lipinski definition) is 0. The zero-order chi connectivity index (χ0) is 16.3. The topological polar surface area (TPSA) is 0 Å². The maximum atomic E-state index is 6.49. The van der Waals surface area contributed by atoms with E-state index in [-0.39, 0.29) is 0 Å². The average Bonchev–Trinajstić information content (AvgIpc) is 2.50. The van der Waals surface area contributed by atoms with Crippen molar-refractivity contribution in [2.45, 2.75) is 66.2 Å². The zero-order valence-electron chi connectivity index (χ0n) is 14.0. The molecular formula is C18H31Cl3. The predicted octanol–water partition coefficient (Wildman–Crippen LogP) is 7.54. The molecule has 0 nitrogen and oxygen atoms in total. The van der Waals surface area contributed by atoms with E-state index in [0.717, 1.165) is 30.7 Å². The Balaban J connectivity index is 5.40. The molecule has 124 valence electrons. The lowest BCUT2D eigenvalue weighted by molar-refractivity contribution is 0.465. The summed E-state index contributed by atoms with van der Waals surface area (Å²) in [4.78, 5) is 0. The summed E-state index contributed by atoms with van der Waals surface area (Å²) in [5.74, 6) is 2.01. The van der Waals surface area contributed by atoms with Crippen molar-refractivity contribution in [2.75, 3.05) is 11.8 Å².